The van der Waals surface area contributed by atoms with Crippen molar-refractivity contribution >= 4 is 17.7 Å². The quantitative estimate of drug-likeness (QED) is 0.410. The van der Waals surface area contributed by atoms with Gasteiger partial charge in [0.15, 0.2) is 0 Å². The molecule has 0 aliphatic rings. The number of aromatic nitrogens is 2. The smallest absolute Gasteiger partial charge is 0.315 e. The number of hydrogen-bond acceptors (Lipinski definition) is 5. The van der Waals surface area contributed by atoms with E-state index in [1.54, 1.807) is 35.0 Å². The first kappa shape index (κ1) is 18.1. The Morgan fingerprint density at radius 2 is 2.00 bits per heavy atom. The van der Waals surface area contributed by atoms with Crippen LogP contribution in [0.1, 0.15) is 11.3 Å². The highest BCUT2D eigenvalue weighted by Crippen LogP contribution is 2.28. The summed E-state index contributed by atoms with van der Waals surface area (Å²) < 4.78 is 39.2. The SMILES string of the molecule is O=[N+]([O-])c1cccc(-n2cccc2/C=N\Nc2ccc(C(F)(F)F)cn2)c1. The fraction of sp³-hybridized carbons (Fsp3) is 0.0588. The molecule has 3 rings (SSSR count). The van der Waals surface area contributed by atoms with Crippen molar-refractivity contribution in [2.45, 2.75) is 6.18 Å². The molecule has 2 heterocycles. The number of anilines is 1. The number of nitro benzene ring substituents is 1. The molecule has 0 unspecified atom stereocenters. The van der Waals surface area contributed by atoms with Crippen LogP contribution in [0, 0.1) is 10.1 Å². The molecule has 0 atom stereocenters. The van der Waals surface area contributed by atoms with Crippen molar-refractivity contribution in [3.63, 3.8) is 0 Å². The number of nitrogens with one attached hydrogen (secondary N) is 1. The summed E-state index contributed by atoms with van der Waals surface area (Å²) in [6.45, 7) is 0. The summed E-state index contributed by atoms with van der Waals surface area (Å²) in [5, 5.41) is 14.9. The Balaban J connectivity index is 1.75. The van der Waals surface area contributed by atoms with E-state index < -0.39 is 16.7 Å². The predicted molar refractivity (Wildman–Crippen MR) is 92.9 cm³/mol. The minimum atomic E-state index is -4.45. The molecule has 7 nitrogen and oxygen atoms in total. The third-order valence-corrected chi connectivity index (χ3v) is 3.57. The van der Waals surface area contributed by atoms with Crippen LogP contribution >= 0.6 is 0 Å². The molecule has 0 saturated heterocycles. The van der Waals surface area contributed by atoms with E-state index in [0.717, 1.165) is 6.07 Å². The lowest BCUT2D eigenvalue weighted by Crippen LogP contribution is -2.06. The van der Waals surface area contributed by atoms with Gasteiger partial charge in [0.1, 0.15) is 5.82 Å². The Morgan fingerprint density at radius 1 is 1.19 bits per heavy atom. The maximum atomic E-state index is 12.5. The normalized spacial score (nSPS) is 11.7. The van der Waals surface area contributed by atoms with Crippen LogP contribution in [0.5, 0.6) is 0 Å². The second-order valence-electron chi connectivity index (χ2n) is 5.38. The lowest BCUT2D eigenvalue weighted by atomic mass is 10.2. The number of nitrogens with zero attached hydrogens (tertiary/aromatic N) is 4. The number of rotatable bonds is 5. The fourth-order valence-electron chi connectivity index (χ4n) is 2.28. The third kappa shape index (κ3) is 4.29. The van der Waals surface area contributed by atoms with Gasteiger partial charge >= 0.3 is 6.18 Å². The minimum Gasteiger partial charge on any atom is -0.315 e. The number of pyridine rings is 1. The molecule has 0 fully saturated rings. The zero-order chi connectivity index (χ0) is 19.4. The summed E-state index contributed by atoms with van der Waals surface area (Å²) in [5.41, 5.74) is 2.82. The van der Waals surface area contributed by atoms with Crippen LogP contribution in [0.25, 0.3) is 5.69 Å². The van der Waals surface area contributed by atoms with Crippen molar-refractivity contribution in [1.29, 1.82) is 0 Å². The van der Waals surface area contributed by atoms with E-state index >= 15 is 0 Å². The van der Waals surface area contributed by atoms with Gasteiger partial charge in [-0.05, 0) is 30.3 Å². The molecule has 3 aromatic rings. The molecule has 10 heteroatoms. The van der Waals surface area contributed by atoms with E-state index in [-0.39, 0.29) is 11.5 Å². The zero-order valence-electron chi connectivity index (χ0n) is 13.6. The number of alkyl halides is 3. The number of non-ortho nitro benzene ring substituents is 1. The van der Waals surface area contributed by atoms with Crippen molar-refractivity contribution in [2.24, 2.45) is 5.10 Å². The molecule has 0 saturated carbocycles. The lowest BCUT2D eigenvalue weighted by molar-refractivity contribution is -0.384. The van der Waals surface area contributed by atoms with E-state index in [1.807, 2.05) is 0 Å². The number of halogens is 3. The molecule has 0 radical (unpaired) electrons. The van der Waals surface area contributed by atoms with Crippen LogP contribution < -0.4 is 5.43 Å². The molecular formula is C17H12F3N5O2. The maximum Gasteiger partial charge on any atom is 0.417 e. The van der Waals surface area contributed by atoms with Gasteiger partial charge in [-0.2, -0.15) is 18.3 Å². The minimum absolute atomic E-state index is 0.0452. The maximum absolute atomic E-state index is 12.5. The highest BCUT2D eigenvalue weighted by molar-refractivity contribution is 5.79. The number of hydrogen-bond donors (Lipinski definition) is 1. The second kappa shape index (κ2) is 7.28. The molecule has 2 aromatic heterocycles. The van der Waals surface area contributed by atoms with Crippen molar-refractivity contribution in [3.05, 3.63) is 82.3 Å². The summed E-state index contributed by atoms with van der Waals surface area (Å²) in [6, 6.07) is 11.6. The van der Waals surface area contributed by atoms with E-state index in [0.29, 0.717) is 17.6 Å². The van der Waals surface area contributed by atoms with Gasteiger partial charge in [-0.3, -0.25) is 15.5 Å². The third-order valence-electron chi connectivity index (χ3n) is 3.57. The number of benzene rings is 1. The van der Waals surface area contributed by atoms with Gasteiger partial charge in [0, 0.05) is 24.5 Å². The average molecular weight is 375 g/mol. The first-order valence-electron chi connectivity index (χ1n) is 7.59. The fourth-order valence-corrected chi connectivity index (χ4v) is 2.28. The Morgan fingerprint density at radius 3 is 2.67 bits per heavy atom. The Labute approximate surface area is 150 Å². The first-order valence-corrected chi connectivity index (χ1v) is 7.59. The van der Waals surface area contributed by atoms with Crippen molar-refractivity contribution < 1.29 is 18.1 Å². The van der Waals surface area contributed by atoms with Gasteiger partial charge in [-0.1, -0.05) is 6.07 Å². The molecular weight excluding hydrogens is 363 g/mol. The van der Waals surface area contributed by atoms with Gasteiger partial charge in [0.25, 0.3) is 5.69 Å². The van der Waals surface area contributed by atoms with Crippen molar-refractivity contribution in [2.75, 3.05) is 5.43 Å². The largest absolute Gasteiger partial charge is 0.417 e. The van der Waals surface area contributed by atoms with Crippen LogP contribution in [0.3, 0.4) is 0 Å². The Bertz CT molecular complexity index is 981. The highest BCUT2D eigenvalue weighted by atomic mass is 19.4. The standard InChI is InChI=1S/C17H12F3N5O2/c18-17(19,20)12-6-7-16(21-10-12)23-22-11-15-5-2-8-24(15)13-3-1-4-14(9-13)25(26)27/h1-11H,(H,21,23)/b22-11-. The van der Waals surface area contributed by atoms with Crippen LogP contribution in [-0.4, -0.2) is 20.7 Å². The van der Waals surface area contributed by atoms with Gasteiger partial charge in [-0.15, -0.1) is 0 Å². The molecule has 27 heavy (non-hydrogen) atoms. The van der Waals surface area contributed by atoms with E-state index in [9.17, 15) is 23.3 Å². The monoisotopic (exact) mass is 375 g/mol. The Kier molecular flexibility index (Phi) is 4.88. The summed E-state index contributed by atoms with van der Waals surface area (Å²) in [7, 11) is 0. The summed E-state index contributed by atoms with van der Waals surface area (Å²) in [4.78, 5) is 14.1. The van der Waals surface area contributed by atoms with Gasteiger partial charge in [0.2, 0.25) is 0 Å². The topological polar surface area (TPSA) is 85.3 Å². The second-order valence-corrected chi connectivity index (χ2v) is 5.38. The van der Waals surface area contributed by atoms with E-state index in [1.165, 1.54) is 24.4 Å². The number of nitro groups is 1. The number of hydrazone groups is 1. The average Bonchev–Trinajstić information content (AvgIpc) is 3.10. The molecule has 1 aromatic carbocycles. The van der Waals surface area contributed by atoms with Crippen LogP contribution in [-0.2, 0) is 6.18 Å². The van der Waals surface area contributed by atoms with Crippen molar-refractivity contribution in [1.82, 2.24) is 9.55 Å². The molecule has 138 valence electrons. The zero-order valence-corrected chi connectivity index (χ0v) is 13.6. The summed E-state index contributed by atoms with van der Waals surface area (Å²) in [6.07, 6.45) is -0.605. The Hall–Kier alpha value is -3.69. The van der Waals surface area contributed by atoms with Crippen LogP contribution in [0.2, 0.25) is 0 Å². The summed E-state index contributed by atoms with van der Waals surface area (Å²) in [5.74, 6) is 0.146. The van der Waals surface area contributed by atoms with E-state index in [4.69, 9.17) is 0 Å². The highest BCUT2D eigenvalue weighted by Gasteiger charge is 2.30. The van der Waals surface area contributed by atoms with Gasteiger partial charge in [0.05, 0.1) is 28.1 Å². The van der Waals surface area contributed by atoms with E-state index in [2.05, 4.69) is 15.5 Å². The van der Waals surface area contributed by atoms with Gasteiger partial charge in [-0.25, -0.2) is 4.98 Å². The molecule has 0 bridgehead atoms. The van der Waals surface area contributed by atoms with Gasteiger partial charge < -0.3 is 4.57 Å². The van der Waals surface area contributed by atoms with Crippen LogP contribution in [0.4, 0.5) is 24.7 Å². The summed E-state index contributed by atoms with van der Waals surface area (Å²) >= 11 is 0. The predicted octanol–water partition coefficient (Wildman–Crippen LogP) is 4.25. The van der Waals surface area contributed by atoms with Crippen molar-refractivity contribution in [3.8, 4) is 5.69 Å². The molecule has 0 amide bonds. The first-order chi connectivity index (χ1) is 12.8. The van der Waals surface area contributed by atoms with Crippen LogP contribution in [0.15, 0.2) is 66.0 Å². The lowest BCUT2D eigenvalue weighted by Gasteiger charge is -2.07. The molecule has 0 spiro atoms. The molecule has 0 aliphatic heterocycles. The molecule has 1 N–H and O–H groups in total. The molecule has 0 aliphatic carbocycles.